The summed E-state index contributed by atoms with van der Waals surface area (Å²) >= 11 is 0. The fourth-order valence-electron chi connectivity index (χ4n) is 6.06. The number of fused-ring (bicyclic) bond motifs is 2. The van der Waals surface area contributed by atoms with E-state index in [1.807, 2.05) is 43.4 Å². The topological polar surface area (TPSA) is 84.0 Å². The number of nitrogens with zero attached hydrogens (tertiary/aromatic N) is 3. The summed E-state index contributed by atoms with van der Waals surface area (Å²) in [4.78, 5) is 7.47. The minimum Gasteiger partial charge on any atom is -0.476 e. The lowest BCUT2D eigenvalue weighted by molar-refractivity contribution is 0.173. The number of ether oxygens (including phenoxy) is 2. The molecule has 0 saturated carbocycles. The number of hydrogen-bond acceptors (Lipinski definition) is 7. The Kier molecular flexibility index (Phi) is 9.03. The monoisotopic (exact) mass is 662 g/mol. The summed E-state index contributed by atoms with van der Waals surface area (Å²) in [5, 5.41) is 2.20. The Balaban J connectivity index is 1.32. The second kappa shape index (κ2) is 13.0. The van der Waals surface area contributed by atoms with Crippen LogP contribution in [0, 0.1) is 23.3 Å². The summed E-state index contributed by atoms with van der Waals surface area (Å²) < 4.78 is 109. The van der Waals surface area contributed by atoms with Gasteiger partial charge < -0.3 is 19.3 Å². The third-order valence-corrected chi connectivity index (χ3v) is 9.94. The highest BCUT2D eigenvalue weighted by Gasteiger charge is 2.35. The molecule has 2 aliphatic rings. The highest BCUT2D eigenvalue weighted by atomic mass is 32.2. The molecule has 0 aliphatic carbocycles. The molecule has 0 amide bonds. The van der Waals surface area contributed by atoms with Crippen molar-refractivity contribution in [2.75, 3.05) is 38.5 Å². The minimum atomic E-state index is -5.11. The van der Waals surface area contributed by atoms with E-state index in [9.17, 15) is 30.4 Å². The Morgan fingerprint density at radius 2 is 1.74 bits per heavy atom. The molecule has 1 saturated heterocycles. The van der Waals surface area contributed by atoms with Crippen LogP contribution in [0.4, 0.5) is 27.6 Å². The summed E-state index contributed by atoms with van der Waals surface area (Å²) in [6.07, 6.45) is 2.46. The van der Waals surface area contributed by atoms with E-state index in [4.69, 9.17) is 9.72 Å². The number of pyridine rings is 1. The maximum atomic E-state index is 14.7. The molecule has 1 fully saturated rings. The highest BCUT2D eigenvalue weighted by Crippen LogP contribution is 2.36. The van der Waals surface area contributed by atoms with Crippen LogP contribution in [-0.4, -0.2) is 57.9 Å². The van der Waals surface area contributed by atoms with Crippen molar-refractivity contribution < 1.29 is 39.8 Å². The van der Waals surface area contributed by atoms with E-state index in [-0.39, 0.29) is 24.1 Å². The zero-order chi connectivity index (χ0) is 32.6. The van der Waals surface area contributed by atoms with Crippen molar-refractivity contribution in [2.24, 2.45) is 0 Å². The number of benzene rings is 3. The molecule has 0 bridgehead atoms. The first-order valence-electron chi connectivity index (χ1n) is 14.7. The second-order valence-electron chi connectivity index (χ2n) is 11.3. The van der Waals surface area contributed by atoms with Crippen molar-refractivity contribution in [1.29, 1.82) is 0 Å². The van der Waals surface area contributed by atoms with Crippen LogP contribution in [0.15, 0.2) is 53.4 Å². The molecule has 4 aromatic rings. The Morgan fingerprint density at radius 3 is 2.50 bits per heavy atom. The lowest BCUT2D eigenvalue weighted by Crippen LogP contribution is -2.33. The van der Waals surface area contributed by atoms with E-state index in [1.54, 1.807) is 6.07 Å². The van der Waals surface area contributed by atoms with Gasteiger partial charge in [-0.3, -0.25) is 0 Å². The fraction of sp³-hybridized carbons (Fsp3) is 0.344. The normalized spacial score (nSPS) is 17.0. The van der Waals surface area contributed by atoms with E-state index in [1.165, 1.54) is 0 Å². The fourth-order valence-corrected chi connectivity index (χ4v) is 7.26. The Bertz CT molecular complexity index is 1890. The van der Waals surface area contributed by atoms with Crippen LogP contribution < -0.4 is 19.1 Å². The first kappa shape index (κ1) is 32.0. The molecular weight excluding hydrogens is 631 g/mol. The van der Waals surface area contributed by atoms with E-state index < -0.39 is 57.3 Å². The lowest BCUT2D eigenvalue weighted by atomic mass is 10.0. The Morgan fingerprint density at radius 1 is 0.978 bits per heavy atom. The van der Waals surface area contributed by atoms with Gasteiger partial charge in [-0.05, 0) is 55.9 Å². The molecule has 1 N–H and O–H groups in total. The van der Waals surface area contributed by atoms with Gasteiger partial charge in [0.1, 0.15) is 6.61 Å². The van der Waals surface area contributed by atoms with Crippen molar-refractivity contribution >= 4 is 26.5 Å². The standard InChI is InChI=1S/C32H31F5N4O4S/c1-40-12-5-8-22(40)17-44-32-21(15-38-46(42,43)31-29(37)27(35)26(34)28(36)30(31)45-18-33)14-20-11-13-41(16-24(20)39-32)25-10-4-7-19-6-2-3-9-23(19)25/h2-4,6-7,9-10,14,22,38H,5,8,11-13,15-18H2,1H3/t22-/m1/s1. The smallest absolute Gasteiger partial charge is 0.247 e. The number of anilines is 1. The number of likely N-dealkylation sites (tertiary alicyclic amines) is 1. The van der Waals surface area contributed by atoms with E-state index >= 15 is 0 Å². The van der Waals surface area contributed by atoms with Gasteiger partial charge in [-0.1, -0.05) is 36.4 Å². The molecule has 8 nitrogen and oxygen atoms in total. The zero-order valence-electron chi connectivity index (χ0n) is 24.8. The molecule has 2 aliphatic heterocycles. The van der Waals surface area contributed by atoms with Crippen LogP contribution in [0.5, 0.6) is 11.6 Å². The first-order chi connectivity index (χ1) is 22.1. The van der Waals surface area contributed by atoms with Crippen LogP contribution in [0.1, 0.15) is 29.7 Å². The molecule has 1 aromatic heterocycles. The molecule has 0 radical (unpaired) electrons. The van der Waals surface area contributed by atoms with Gasteiger partial charge in [0.2, 0.25) is 34.4 Å². The van der Waals surface area contributed by atoms with E-state index in [0.717, 1.165) is 47.1 Å². The van der Waals surface area contributed by atoms with Crippen LogP contribution in [0.25, 0.3) is 10.8 Å². The number of aromatic nitrogens is 1. The maximum absolute atomic E-state index is 14.7. The van der Waals surface area contributed by atoms with Crippen molar-refractivity contribution in [3.05, 3.63) is 88.6 Å². The molecule has 3 heterocycles. The van der Waals surface area contributed by atoms with E-state index in [2.05, 4.69) is 25.3 Å². The number of hydrogen-bond donors (Lipinski definition) is 1. The highest BCUT2D eigenvalue weighted by molar-refractivity contribution is 7.89. The second-order valence-corrected chi connectivity index (χ2v) is 13.0. The van der Waals surface area contributed by atoms with E-state index in [0.29, 0.717) is 19.5 Å². The van der Waals surface area contributed by atoms with Crippen LogP contribution in [0.3, 0.4) is 0 Å². The predicted molar refractivity (Wildman–Crippen MR) is 161 cm³/mol. The lowest BCUT2D eigenvalue weighted by Gasteiger charge is -2.32. The largest absolute Gasteiger partial charge is 0.476 e. The van der Waals surface area contributed by atoms with Gasteiger partial charge in [-0.2, -0.15) is 4.39 Å². The van der Waals surface area contributed by atoms with Gasteiger partial charge in [-0.15, -0.1) is 0 Å². The van der Waals surface area contributed by atoms with Crippen LogP contribution in [0.2, 0.25) is 0 Å². The van der Waals surface area contributed by atoms with Crippen LogP contribution in [-0.2, 0) is 29.5 Å². The number of sulfonamides is 1. The average molecular weight is 663 g/mol. The number of rotatable bonds is 10. The van der Waals surface area contributed by atoms with Gasteiger partial charge in [0.25, 0.3) is 0 Å². The van der Waals surface area contributed by atoms with Gasteiger partial charge in [0, 0.05) is 35.8 Å². The minimum absolute atomic E-state index is 0.106. The summed E-state index contributed by atoms with van der Waals surface area (Å²) in [6, 6.07) is 16.0. The third-order valence-electron chi connectivity index (χ3n) is 8.52. The molecule has 244 valence electrons. The Labute approximate surface area is 262 Å². The summed E-state index contributed by atoms with van der Waals surface area (Å²) in [5.41, 5.74) is 2.90. The van der Waals surface area contributed by atoms with Crippen molar-refractivity contribution in [3.8, 4) is 11.6 Å². The van der Waals surface area contributed by atoms with Gasteiger partial charge in [-0.25, -0.2) is 35.7 Å². The SMILES string of the molecule is CN1CCC[C@@H]1COc1nc2c(cc1CNS(=O)(=O)c1c(F)c(F)c(F)c(F)c1OCF)CCN(c1cccc3ccccc13)C2. The average Bonchev–Trinajstić information content (AvgIpc) is 3.47. The number of halogens is 5. The predicted octanol–water partition coefficient (Wildman–Crippen LogP) is 5.61. The summed E-state index contributed by atoms with van der Waals surface area (Å²) in [6.45, 7) is -0.0737. The van der Waals surface area contributed by atoms with Crippen molar-refractivity contribution in [2.45, 2.75) is 43.3 Å². The summed E-state index contributed by atoms with van der Waals surface area (Å²) in [5.74, 6) is -10.6. The molecule has 0 unspecified atom stereocenters. The number of nitrogens with one attached hydrogen (secondary N) is 1. The number of alkyl halides is 1. The maximum Gasteiger partial charge on any atom is 0.247 e. The van der Waals surface area contributed by atoms with Crippen molar-refractivity contribution in [1.82, 2.24) is 14.6 Å². The van der Waals surface area contributed by atoms with Crippen molar-refractivity contribution in [3.63, 3.8) is 0 Å². The van der Waals surface area contributed by atoms with Crippen LogP contribution >= 0.6 is 0 Å². The quantitative estimate of drug-likeness (QED) is 0.134. The molecule has 6 rings (SSSR count). The van der Waals surface area contributed by atoms with Gasteiger partial charge in [0.05, 0.1) is 12.2 Å². The zero-order valence-corrected chi connectivity index (χ0v) is 25.6. The third kappa shape index (κ3) is 6.08. The summed E-state index contributed by atoms with van der Waals surface area (Å²) in [7, 11) is -3.13. The first-order valence-corrected chi connectivity index (χ1v) is 16.2. The van der Waals surface area contributed by atoms with Gasteiger partial charge in [0.15, 0.2) is 22.3 Å². The molecule has 0 spiro atoms. The molecular formula is C32H31F5N4O4S. The molecule has 14 heteroatoms. The molecule has 46 heavy (non-hydrogen) atoms. The Hall–Kier alpha value is -4.01. The van der Waals surface area contributed by atoms with Gasteiger partial charge >= 0.3 is 0 Å². The molecule has 3 aromatic carbocycles. The number of likely N-dealkylation sites (N-methyl/N-ethyl adjacent to an activating group) is 1. The molecule has 1 atom stereocenters.